The van der Waals surface area contributed by atoms with E-state index in [9.17, 15) is 18.3 Å². The van der Waals surface area contributed by atoms with Crippen LogP contribution in [0.1, 0.15) is 32.0 Å². The monoisotopic (exact) mass is 345 g/mol. The Morgan fingerprint density at radius 1 is 0.880 bits per heavy atom. The Labute approximate surface area is 144 Å². The van der Waals surface area contributed by atoms with Crippen LogP contribution < -0.4 is 0 Å². The molecule has 130 valence electrons. The molecule has 3 aromatic rings. The number of halogens is 3. The van der Waals surface area contributed by atoms with Crippen molar-refractivity contribution in [2.75, 3.05) is 0 Å². The van der Waals surface area contributed by atoms with Gasteiger partial charge < -0.3 is 5.11 Å². The van der Waals surface area contributed by atoms with Gasteiger partial charge in [-0.3, -0.25) is 0 Å². The van der Waals surface area contributed by atoms with Crippen molar-refractivity contribution in [2.24, 2.45) is 0 Å². The van der Waals surface area contributed by atoms with E-state index >= 15 is 0 Å². The van der Waals surface area contributed by atoms with Gasteiger partial charge in [0.05, 0.1) is 11.3 Å². The molecule has 0 saturated carbocycles. The molecule has 0 radical (unpaired) electrons. The predicted molar refractivity (Wildman–Crippen MR) is 92.5 cm³/mol. The zero-order valence-electron chi connectivity index (χ0n) is 14.1. The fourth-order valence-corrected chi connectivity index (χ4v) is 2.93. The molecule has 1 N–H and O–H groups in total. The minimum Gasteiger partial charge on any atom is -0.493 e. The SMILES string of the molecule is CC(C)(C)c1nc(O)c2ccccc2c1-c1cccc(C(F)(F)F)c1. The number of benzene rings is 2. The Hall–Kier alpha value is -2.56. The lowest BCUT2D eigenvalue weighted by Gasteiger charge is -2.24. The van der Waals surface area contributed by atoms with Crippen LogP contribution in [0.4, 0.5) is 13.2 Å². The summed E-state index contributed by atoms with van der Waals surface area (Å²) in [6.07, 6.45) is -4.42. The summed E-state index contributed by atoms with van der Waals surface area (Å²) in [5.74, 6) is -0.115. The first-order chi connectivity index (χ1) is 11.6. The summed E-state index contributed by atoms with van der Waals surface area (Å²) < 4.78 is 39.4. The number of fused-ring (bicyclic) bond motifs is 1. The van der Waals surface area contributed by atoms with Crippen LogP contribution in [0, 0.1) is 0 Å². The highest BCUT2D eigenvalue weighted by atomic mass is 19.4. The lowest BCUT2D eigenvalue weighted by molar-refractivity contribution is -0.137. The Morgan fingerprint density at radius 2 is 1.52 bits per heavy atom. The Morgan fingerprint density at radius 3 is 2.12 bits per heavy atom. The maximum Gasteiger partial charge on any atom is 0.416 e. The van der Waals surface area contributed by atoms with E-state index in [1.54, 1.807) is 30.3 Å². The van der Waals surface area contributed by atoms with Gasteiger partial charge in [-0.2, -0.15) is 13.2 Å². The molecule has 0 spiro atoms. The zero-order chi connectivity index (χ0) is 18.4. The molecule has 5 heteroatoms. The van der Waals surface area contributed by atoms with Crippen LogP contribution in [-0.4, -0.2) is 10.1 Å². The van der Waals surface area contributed by atoms with Crippen molar-refractivity contribution in [2.45, 2.75) is 32.4 Å². The van der Waals surface area contributed by atoms with Crippen LogP contribution in [0.3, 0.4) is 0 Å². The number of hydrogen-bond acceptors (Lipinski definition) is 2. The second kappa shape index (κ2) is 5.76. The topological polar surface area (TPSA) is 33.1 Å². The minimum absolute atomic E-state index is 0.115. The highest BCUT2D eigenvalue weighted by Gasteiger charge is 2.31. The molecule has 2 aromatic carbocycles. The van der Waals surface area contributed by atoms with Crippen LogP contribution in [0.15, 0.2) is 48.5 Å². The van der Waals surface area contributed by atoms with E-state index in [1.165, 1.54) is 6.07 Å². The first-order valence-electron chi connectivity index (χ1n) is 7.89. The first-order valence-corrected chi connectivity index (χ1v) is 7.89. The van der Waals surface area contributed by atoms with Gasteiger partial charge in [0.2, 0.25) is 5.88 Å². The van der Waals surface area contributed by atoms with E-state index in [0.29, 0.717) is 27.6 Å². The standard InChI is InChI=1S/C20H18F3NO/c1-19(2,3)17-16(12-7-6-8-13(11-12)20(21,22)23)14-9-4-5-10-15(14)18(25)24-17/h4-11H,1-3H3,(H,24,25). The number of pyridine rings is 1. The first kappa shape index (κ1) is 17.3. The molecule has 0 atom stereocenters. The lowest BCUT2D eigenvalue weighted by Crippen LogP contribution is -2.16. The normalized spacial score (nSPS) is 12.6. The number of nitrogens with zero attached hydrogens (tertiary/aromatic N) is 1. The Balaban J connectivity index is 2.41. The van der Waals surface area contributed by atoms with Crippen molar-refractivity contribution in [3.05, 3.63) is 59.8 Å². The van der Waals surface area contributed by atoms with Crippen molar-refractivity contribution in [1.29, 1.82) is 0 Å². The summed E-state index contributed by atoms with van der Waals surface area (Å²) >= 11 is 0. The zero-order valence-corrected chi connectivity index (χ0v) is 14.1. The van der Waals surface area contributed by atoms with Crippen LogP contribution in [0.2, 0.25) is 0 Å². The summed E-state index contributed by atoms with van der Waals surface area (Å²) in [7, 11) is 0. The maximum atomic E-state index is 13.1. The number of rotatable bonds is 1. The molecule has 25 heavy (non-hydrogen) atoms. The van der Waals surface area contributed by atoms with Gasteiger partial charge in [-0.25, -0.2) is 4.98 Å². The number of hydrogen-bond donors (Lipinski definition) is 1. The molecule has 0 fully saturated rings. The van der Waals surface area contributed by atoms with Crippen molar-refractivity contribution >= 4 is 10.8 Å². The third-order valence-corrected chi connectivity index (χ3v) is 4.08. The van der Waals surface area contributed by atoms with Crippen LogP contribution in [0.5, 0.6) is 5.88 Å². The molecule has 1 heterocycles. The molecule has 0 unspecified atom stereocenters. The van der Waals surface area contributed by atoms with Gasteiger partial charge in [-0.15, -0.1) is 0 Å². The smallest absolute Gasteiger partial charge is 0.416 e. The highest BCUT2D eigenvalue weighted by Crippen LogP contribution is 2.41. The number of aromatic nitrogens is 1. The Bertz CT molecular complexity index is 940. The molecule has 0 aliphatic carbocycles. The van der Waals surface area contributed by atoms with Gasteiger partial charge in [-0.05, 0) is 29.1 Å². The summed E-state index contributed by atoms with van der Waals surface area (Å²) in [5, 5.41) is 11.5. The van der Waals surface area contributed by atoms with Crippen LogP contribution >= 0.6 is 0 Å². The summed E-state index contributed by atoms with van der Waals surface area (Å²) in [5.41, 5.74) is 0.450. The van der Waals surface area contributed by atoms with Gasteiger partial charge in [0.1, 0.15) is 0 Å². The molecule has 0 amide bonds. The molecule has 1 aromatic heterocycles. The van der Waals surface area contributed by atoms with E-state index in [-0.39, 0.29) is 5.88 Å². The Kier molecular flexibility index (Phi) is 3.98. The predicted octanol–water partition coefficient (Wildman–Crippen LogP) is 5.92. The molecule has 2 nitrogen and oxygen atoms in total. The average molecular weight is 345 g/mol. The molecular weight excluding hydrogens is 327 g/mol. The van der Waals surface area contributed by atoms with E-state index in [1.807, 2.05) is 20.8 Å². The van der Waals surface area contributed by atoms with Gasteiger partial charge >= 0.3 is 6.18 Å². The third kappa shape index (κ3) is 3.18. The fraction of sp³-hybridized carbons (Fsp3) is 0.250. The van der Waals surface area contributed by atoms with E-state index in [4.69, 9.17) is 0 Å². The average Bonchev–Trinajstić information content (AvgIpc) is 2.53. The molecule has 0 saturated heterocycles. The summed E-state index contributed by atoms with van der Waals surface area (Å²) in [6.45, 7) is 5.75. The van der Waals surface area contributed by atoms with Crippen molar-refractivity contribution in [1.82, 2.24) is 4.98 Å². The number of aromatic hydroxyl groups is 1. The molecular formula is C20H18F3NO. The lowest BCUT2D eigenvalue weighted by atomic mass is 9.83. The van der Waals surface area contributed by atoms with Crippen LogP contribution in [-0.2, 0) is 11.6 Å². The van der Waals surface area contributed by atoms with E-state index in [0.717, 1.165) is 12.1 Å². The molecule has 3 rings (SSSR count). The van der Waals surface area contributed by atoms with Gasteiger partial charge in [-0.1, -0.05) is 51.1 Å². The molecule has 0 aliphatic heterocycles. The van der Waals surface area contributed by atoms with Gasteiger partial charge in [0, 0.05) is 16.4 Å². The van der Waals surface area contributed by atoms with Gasteiger partial charge in [0.25, 0.3) is 0 Å². The largest absolute Gasteiger partial charge is 0.493 e. The third-order valence-electron chi connectivity index (χ3n) is 4.08. The maximum absolute atomic E-state index is 13.1. The summed E-state index contributed by atoms with van der Waals surface area (Å²) in [4.78, 5) is 4.32. The van der Waals surface area contributed by atoms with Crippen molar-refractivity contribution in [3.8, 4) is 17.0 Å². The minimum atomic E-state index is -4.42. The van der Waals surface area contributed by atoms with Crippen LogP contribution in [0.25, 0.3) is 21.9 Å². The summed E-state index contributed by atoms with van der Waals surface area (Å²) in [6, 6.07) is 12.3. The fourth-order valence-electron chi connectivity index (χ4n) is 2.93. The van der Waals surface area contributed by atoms with Gasteiger partial charge in [0.15, 0.2) is 0 Å². The molecule has 0 aliphatic rings. The molecule has 0 bridgehead atoms. The van der Waals surface area contributed by atoms with E-state index < -0.39 is 17.2 Å². The van der Waals surface area contributed by atoms with Crippen molar-refractivity contribution in [3.63, 3.8) is 0 Å². The number of alkyl halides is 3. The highest BCUT2D eigenvalue weighted by molar-refractivity contribution is 6.00. The van der Waals surface area contributed by atoms with E-state index in [2.05, 4.69) is 4.98 Å². The van der Waals surface area contributed by atoms with Crippen molar-refractivity contribution < 1.29 is 18.3 Å². The second-order valence-corrected chi connectivity index (χ2v) is 7.03. The second-order valence-electron chi connectivity index (χ2n) is 7.03. The quantitative estimate of drug-likeness (QED) is 0.593.